The Bertz CT molecular complexity index is 500. The van der Waals surface area contributed by atoms with Crippen LogP contribution in [0.3, 0.4) is 0 Å². The molecule has 0 fully saturated rings. The summed E-state index contributed by atoms with van der Waals surface area (Å²) in [7, 11) is 0. The van der Waals surface area contributed by atoms with E-state index in [0.29, 0.717) is 0 Å². The van der Waals surface area contributed by atoms with Gasteiger partial charge in [-0.1, -0.05) is 25.1 Å². The van der Waals surface area contributed by atoms with Crippen molar-refractivity contribution in [1.82, 2.24) is 4.98 Å². The average Bonchev–Trinajstić information content (AvgIpc) is 2.37. The summed E-state index contributed by atoms with van der Waals surface area (Å²) in [5.41, 5.74) is 1.90. The molecule has 0 spiro atoms. The molecular weight excluding hydrogens is 230 g/mol. The average molecular weight is 247 g/mol. The number of hydrogen-bond donors (Lipinski definition) is 1. The maximum Gasteiger partial charge on any atom is 0.0824 e. The second-order valence-corrected chi connectivity index (χ2v) is 5.24. The number of hydrogen-bond acceptors (Lipinski definition) is 3. The molecule has 90 valence electrons. The van der Waals surface area contributed by atoms with Gasteiger partial charge >= 0.3 is 0 Å². The van der Waals surface area contributed by atoms with E-state index in [1.807, 2.05) is 30.3 Å². The first-order valence-electron chi connectivity index (χ1n) is 5.74. The van der Waals surface area contributed by atoms with Gasteiger partial charge < -0.3 is 5.11 Å². The van der Waals surface area contributed by atoms with E-state index < -0.39 is 6.10 Å². The van der Waals surface area contributed by atoms with Crippen LogP contribution in [0.5, 0.6) is 0 Å². The fraction of sp³-hybridized carbons (Fsp3) is 0.357. The van der Waals surface area contributed by atoms with Crippen molar-refractivity contribution in [2.24, 2.45) is 5.92 Å². The maximum atomic E-state index is 10.2. The number of thioether (sulfide) groups is 1. The van der Waals surface area contributed by atoms with Crippen molar-refractivity contribution in [1.29, 1.82) is 0 Å². The lowest BCUT2D eigenvalue weighted by Gasteiger charge is -2.18. The van der Waals surface area contributed by atoms with Gasteiger partial charge in [0.05, 0.1) is 11.6 Å². The van der Waals surface area contributed by atoms with Crippen LogP contribution in [0.2, 0.25) is 0 Å². The number of pyridine rings is 1. The molecule has 2 rings (SSSR count). The minimum atomic E-state index is -0.408. The van der Waals surface area contributed by atoms with Gasteiger partial charge in [-0.15, -0.1) is 0 Å². The largest absolute Gasteiger partial charge is 0.388 e. The number of nitrogens with zero attached hydrogens (tertiary/aromatic N) is 1. The van der Waals surface area contributed by atoms with Crippen LogP contribution in [0, 0.1) is 5.92 Å². The lowest BCUT2D eigenvalue weighted by molar-refractivity contribution is 0.129. The van der Waals surface area contributed by atoms with Crippen LogP contribution in [-0.4, -0.2) is 22.1 Å². The summed E-state index contributed by atoms with van der Waals surface area (Å²) in [6.07, 6.45) is 3.43. The smallest absolute Gasteiger partial charge is 0.0824 e. The number of rotatable bonds is 4. The first kappa shape index (κ1) is 12.4. The van der Waals surface area contributed by atoms with Crippen molar-refractivity contribution in [2.45, 2.75) is 13.0 Å². The molecule has 0 aliphatic heterocycles. The van der Waals surface area contributed by atoms with E-state index in [4.69, 9.17) is 0 Å². The molecule has 0 aliphatic rings. The van der Waals surface area contributed by atoms with E-state index in [-0.39, 0.29) is 5.92 Å². The predicted octanol–water partition coefficient (Wildman–Crippen LogP) is 3.27. The van der Waals surface area contributed by atoms with Gasteiger partial charge in [0.15, 0.2) is 0 Å². The van der Waals surface area contributed by atoms with E-state index >= 15 is 0 Å². The fourth-order valence-corrected chi connectivity index (χ4v) is 2.66. The number of aliphatic hydroxyl groups excluding tert-OH is 1. The molecule has 1 heterocycles. The Kier molecular flexibility index (Phi) is 4.02. The molecule has 2 aromatic rings. The third-order valence-electron chi connectivity index (χ3n) is 2.94. The minimum Gasteiger partial charge on any atom is -0.388 e. The monoisotopic (exact) mass is 247 g/mol. The highest BCUT2D eigenvalue weighted by molar-refractivity contribution is 7.98. The molecular formula is C14H17NOS. The summed E-state index contributed by atoms with van der Waals surface area (Å²) in [5, 5.41) is 11.4. The van der Waals surface area contributed by atoms with Gasteiger partial charge in [-0.25, -0.2) is 0 Å². The minimum absolute atomic E-state index is 0.256. The summed E-state index contributed by atoms with van der Waals surface area (Å²) in [6, 6.07) is 9.95. The molecule has 2 nitrogen and oxygen atoms in total. The normalized spacial score (nSPS) is 14.8. The van der Waals surface area contributed by atoms with Gasteiger partial charge in [0, 0.05) is 11.6 Å². The van der Waals surface area contributed by atoms with E-state index in [2.05, 4.69) is 18.2 Å². The van der Waals surface area contributed by atoms with E-state index in [1.165, 1.54) is 0 Å². The zero-order valence-electron chi connectivity index (χ0n) is 10.1. The summed E-state index contributed by atoms with van der Waals surface area (Å²) >= 11 is 1.76. The standard InChI is InChI=1S/C14H17NOS/c1-10(9-17-2)14(16)12-6-5-11-4-3-7-15-13(11)8-12/h3-8,10,14,16H,9H2,1-2H3. The molecule has 0 amide bonds. The number of aromatic nitrogens is 1. The van der Waals surface area contributed by atoms with E-state index in [1.54, 1.807) is 18.0 Å². The lowest BCUT2D eigenvalue weighted by atomic mass is 9.98. The van der Waals surface area contributed by atoms with Crippen molar-refractivity contribution in [3.63, 3.8) is 0 Å². The van der Waals surface area contributed by atoms with Crippen LogP contribution in [0.25, 0.3) is 10.9 Å². The molecule has 0 bridgehead atoms. The van der Waals surface area contributed by atoms with Crippen LogP contribution in [0.15, 0.2) is 36.5 Å². The molecule has 1 aromatic carbocycles. The molecule has 0 aliphatic carbocycles. The Morgan fingerprint density at radius 2 is 2.18 bits per heavy atom. The molecule has 1 aromatic heterocycles. The SMILES string of the molecule is CSCC(C)C(O)c1ccc2cccnc2c1. The quantitative estimate of drug-likeness (QED) is 0.900. The Morgan fingerprint density at radius 1 is 1.35 bits per heavy atom. The third kappa shape index (κ3) is 2.79. The highest BCUT2D eigenvalue weighted by Gasteiger charge is 2.16. The molecule has 0 radical (unpaired) electrons. The third-order valence-corrected chi connectivity index (χ3v) is 3.80. The molecule has 0 saturated heterocycles. The molecule has 17 heavy (non-hydrogen) atoms. The van der Waals surface area contributed by atoms with Crippen molar-refractivity contribution >= 4 is 22.7 Å². The van der Waals surface area contributed by atoms with Gasteiger partial charge in [0.2, 0.25) is 0 Å². The summed E-state index contributed by atoms with van der Waals surface area (Å²) in [4.78, 5) is 4.31. The Hall–Kier alpha value is -1.06. The van der Waals surface area contributed by atoms with Crippen molar-refractivity contribution in [3.05, 3.63) is 42.1 Å². The Morgan fingerprint density at radius 3 is 2.94 bits per heavy atom. The molecule has 2 unspecified atom stereocenters. The first-order chi connectivity index (χ1) is 8.22. The van der Waals surface area contributed by atoms with Gasteiger partial charge in [0.25, 0.3) is 0 Å². The highest BCUT2D eigenvalue weighted by atomic mass is 32.2. The van der Waals surface area contributed by atoms with Gasteiger partial charge in [-0.05, 0) is 35.6 Å². The maximum absolute atomic E-state index is 10.2. The Balaban J connectivity index is 2.29. The fourth-order valence-electron chi connectivity index (χ4n) is 1.95. The van der Waals surface area contributed by atoms with Crippen LogP contribution < -0.4 is 0 Å². The molecule has 2 atom stereocenters. The highest BCUT2D eigenvalue weighted by Crippen LogP contribution is 2.26. The van der Waals surface area contributed by atoms with Crippen LogP contribution in [0.4, 0.5) is 0 Å². The van der Waals surface area contributed by atoms with Crippen LogP contribution in [-0.2, 0) is 0 Å². The van der Waals surface area contributed by atoms with Gasteiger partial charge in [-0.3, -0.25) is 4.98 Å². The summed E-state index contributed by atoms with van der Waals surface area (Å²) in [5.74, 6) is 1.22. The van der Waals surface area contributed by atoms with Crippen molar-refractivity contribution in [3.8, 4) is 0 Å². The second-order valence-electron chi connectivity index (χ2n) is 4.33. The summed E-state index contributed by atoms with van der Waals surface area (Å²) < 4.78 is 0. The van der Waals surface area contributed by atoms with Gasteiger partial charge in [0.1, 0.15) is 0 Å². The van der Waals surface area contributed by atoms with Crippen LogP contribution in [0.1, 0.15) is 18.6 Å². The zero-order chi connectivity index (χ0) is 12.3. The van der Waals surface area contributed by atoms with E-state index in [9.17, 15) is 5.11 Å². The second kappa shape index (κ2) is 5.52. The topological polar surface area (TPSA) is 33.1 Å². The molecule has 0 saturated carbocycles. The van der Waals surface area contributed by atoms with Crippen molar-refractivity contribution < 1.29 is 5.11 Å². The van der Waals surface area contributed by atoms with Gasteiger partial charge in [-0.2, -0.15) is 11.8 Å². The lowest BCUT2D eigenvalue weighted by Crippen LogP contribution is -2.11. The predicted molar refractivity (Wildman–Crippen MR) is 74.2 cm³/mol. The first-order valence-corrected chi connectivity index (χ1v) is 7.13. The number of benzene rings is 1. The zero-order valence-corrected chi connectivity index (χ0v) is 10.9. The number of aliphatic hydroxyl groups is 1. The summed E-state index contributed by atoms with van der Waals surface area (Å²) in [6.45, 7) is 2.07. The van der Waals surface area contributed by atoms with Crippen LogP contribution >= 0.6 is 11.8 Å². The molecule has 1 N–H and O–H groups in total. The van der Waals surface area contributed by atoms with Crippen molar-refractivity contribution in [2.75, 3.05) is 12.0 Å². The number of fused-ring (bicyclic) bond motifs is 1. The van der Waals surface area contributed by atoms with E-state index in [0.717, 1.165) is 22.2 Å². The molecule has 3 heteroatoms. The Labute approximate surface area is 106 Å².